The van der Waals surface area contributed by atoms with Crippen molar-refractivity contribution in [3.63, 3.8) is 0 Å². The largest absolute Gasteiger partial charge is 0.396 e. The molecule has 0 fully saturated rings. The van der Waals surface area contributed by atoms with Crippen LogP contribution >= 0.6 is 0 Å². The van der Waals surface area contributed by atoms with Crippen LogP contribution in [0.15, 0.2) is 0 Å². The molecule has 0 aromatic heterocycles. The van der Waals surface area contributed by atoms with Crippen LogP contribution < -0.4 is 0 Å². The Kier molecular flexibility index (Phi) is 18.8. The summed E-state index contributed by atoms with van der Waals surface area (Å²) in [4.78, 5) is 0. The van der Waals surface area contributed by atoms with E-state index in [4.69, 9.17) is 9.84 Å². The van der Waals surface area contributed by atoms with Gasteiger partial charge in [-0.3, -0.25) is 0 Å². The van der Waals surface area contributed by atoms with E-state index in [1.54, 1.807) is 0 Å². The number of aliphatic hydroxyl groups excluding tert-OH is 1. The van der Waals surface area contributed by atoms with Crippen molar-refractivity contribution in [2.24, 2.45) is 0 Å². The molecule has 0 radical (unpaired) electrons. The number of rotatable bonds is 17. The highest BCUT2D eigenvalue weighted by Gasteiger charge is 1.94. The number of ether oxygens (including phenoxy) is 1. The zero-order valence-electron chi connectivity index (χ0n) is 13.9. The minimum atomic E-state index is 0.318. The van der Waals surface area contributed by atoms with E-state index in [1.165, 1.54) is 70.6 Å². The Morgan fingerprint density at radius 1 is 0.550 bits per heavy atom. The average molecular weight is 286 g/mol. The van der Waals surface area contributed by atoms with Crippen LogP contribution in [-0.2, 0) is 4.74 Å². The second-order valence-corrected chi connectivity index (χ2v) is 5.93. The van der Waals surface area contributed by atoms with E-state index < -0.39 is 0 Å². The Balaban J connectivity index is 2.89. The van der Waals surface area contributed by atoms with E-state index in [0.717, 1.165) is 32.5 Å². The standard InChI is InChI=1S/C18H38O2/c1-2-3-4-5-6-7-8-9-10-11-14-17-20-18-15-12-13-16-19/h19H,2-18H2,1H3. The van der Waals surface area contributed by atoms with E-state index in [2.05, 4.69) is 6.92 Å². The smallest absolute Gasteiger partial charge is 0.0466 e. The summed E-state index contributed by atoms with van der Waals surface area (Å²) >= 11 is 0. The highest BCUT2D eigenvalue weighted by molar-refractivity contribution is 4.48. The monoisotopic (exact) mass is 286 g/mol. The molecule has 0 spiro atoms. The van der Waals surface area contributed by atoms with E-state index in [1.807, 2.05) is 0 Å². The molecule has 0 amide bonds. The molecule has 2 heteroatoms. The molecule has 20 heavy (non-hydrogen) atoms. The van der Waals surface area contributed by atoms with Crippen LogP contribution in [0.25, 0.3) is 0 Å². The normalized spacial score (nSPS) is 11.1. The van der Waals surface area contributed by atoms with Crippen LogP contribution in [0.2, 0.25) is 0 Å². The lowest BCUT2D eigenvalue weighted by Gasteiger charge is -2.04. The van der Waals surface area contributed by atoms with Crippen LogP contribution in [0.1, 0.15) is 96.8 Å². The van der Waals surface area contributed by atoms with Crippen molar-refractivity contribution < 1.29 is 9.84 Å². The van der Waals surface area contributed by atoms with Crippen LogP contribution in [0, 0.1) is 0 Å². The molecule has 0 aliphatic rings. The topological polar surface area (TPSA) is 29.5 Å². The predicted octanol–water partition coefficient (Wildman–Crippen LogP) is 5.48. The van der Waals surface area contributed by atoms with Crippen molar-refractivity contribution >= 4 is 0 Å². The van der Waals surface area contributed by atoms with Gasteiger partial charge in [0.15, 0.2) is 0 Å². The second kappa shape index (κ2) is 18.9. The van der Waals surface area contributed by atoms with Crippen molar-refractivity contribution in [1.82, 2.24) is 0 Å². The Morgan fingerprint density at radius 3 is 1.40 bits per heavy atom. The lowest BCUT2D eigenvalue weighted by molar-refractivity contribution is 0.124. The molecule has 0 saturated carbocycles. The summed E-state index contributed by atoms with van der Waals surface area (Å²) in [6, 6.07) is 0. The molecule has 1 N–H and O–H groups in total. The highest BCUT2D eigenvalue weighted by Crippen LogP contribution is 2.11. The van der Waals surface area contributed by atoms with Gasteiger partial charge in [-0.15, -0.1) is 0 Å². The zero-order valence-corrected chi connectivity index (χ0v) is 13.9. The number of aliphatic hydroxyl groups is 1. The zero-order chi connectivity index (χ0) is 14.7. The number of hydrogen-bond donors (Lipinski definition) is 1. The minimum Gasteiger partial charge on any atom is -0.396 e. The van der Waals surface area contributed by atoms with Crippen molar-refractivity contribution in [2.75, 3.05) is 19.8 Å². The summed E-state index contributed by atoms with van der Waals surface area (Å²) in [5.74, 6) is 0. The van der Waals surface area contributed by atoms with Gasteiger partial charge in [-0.2, -0.15) is 0 Å². The molecule has 0 unspecified atom stereocenters. The lowest BCUT2D eigenvalue weighted by Crippen LogP contribution is -1.97. The SMILES string of the molecule is CCCCCCCCCCCCCOCCCCCO. The Bertz CT molecular complexity index is 141. The first-order valence-corrected chi connectivity index (χ1v) is 9.10. The summed E-state index contributed by atoms with van der Waals surface area (Å²) in [5.41, 5.74) is 0. The molecular weight excluding hydrogens is 248 g/mol. The van der Waals surface area contributed by atoms with Gasteiger partial charge in [-0.05, 0) is 25.7 Å². The summed E-state index contributed by atoms with van der Waals surface area (Å²) < 4.78 is 5.58. The number of unbranched alkanes of at least 4 members (excludes halogenated alkanes) is 12. The van der Waals surface area contributed by atoms with E-state index in [-0.39, 0.29) is 0 Å². The van der Waals surface area contributed by atoms with Gasteiger partial charge in [0.25, 0.3) is 0 Å². The van der Waals surface area contributed by atoms with Gasteiger partial charge in [0.05, 0.1) is 0 Å². The predicted molar refractivity (Wildman–Crippen MR) is 88.2 cm³/mol. The van der Waals surface area contributed by atoms with Gasteiger partial charge in [-0.25, -0.2) is 0 Å². The van der Waals surface area contributed by atoms with E-state index in [0.29, 0.717) is 6.61 Å². The molecule has 0 saturated heterocycles. The average Bonchev–Trinajstić information content (AvgIpc) is 2.47. The molecule has 2 nitrogen and oxygen atoms in total. The van der Waals surface area contributed by atoms with Gasteiger partial charge in [-0.1, -0.05) is 71.1 Å². The first kappa shape index (κ1) is 19.9. The third-order valence-corrected chi connectivity index (χ3v) is 3.84. The van der Waals surface area contributed by atoms with Crippen molar-refractivity contribution in [3.8, 4) is 0 Å². The van der Waals surface area contributed by atoms with Gasteiger partial charge in [0.1, 0.15) is 0 Å². The molecule has 0 bridgehead atoms. The second-order valence-electron chi connectivity index (χ2n) is 5.93. The fraction of sp³-hybridized carbons (Fsp3) is 1.00. The third kappa shape index (κ3) is 17.9. The summed E-state index contributed by atoms with van der Waals surface area (Å²) in [6.07, 6.45) is 18.4. The molecule has 0 aromatic rings. The maximum atomic E-state index is 8.64. The van der Waals surface area contributed by atoms with Crippen LogP contribution in [0.3, 0.4) is 0 Å². The van der Waals surface area contributed by atoms with Crippen molar-refractivity contribution in [3.05, 3.63) is 0 Å². The Labute approximate surface area is 127 Å². The van der Waals surface area contributed by atoms with Crippen LogP contribution in [0.5, 0.6) is 0 Å². The fourth-order valence-corrected chi connectivity index (χ4v) is 2.46. The van der Waals surface area contributed by atoms with Crippen molar-refractivity contribution in [1.29, 1.82) is 0 Å². The van der Waals surface area contributed by atoms with Gasteiger partial charge >= 0.3 is 0 Å². The molecule has 122 valence electrons. The van der Waals surface area contributed by atoms with Gasteiger partial charge in [0.2, 0.25) is 0 Å². The minimum absolute atomic E-state index is 0.318. The van der Waals surface area contributed by atoms with Gasteiger partial charge < -0.3 is 9.84 Å². The molecular formula is C18H38O2. The molecule has 0 heterocycles. The highest BCUT2D eigenvalue weighted by atomic mass is 16.5. The lowest BCUT2D eigenvalue weighted by atomic mass is 10.1. The van der Waals surface area contributed by atoms with E-state index >= 15 is 0 Å². The fourth-order valence-electron chi connectivity index (χ4n) is 2.46. The Morgan fingerprint density at radius 2 is 0.950 bits per heavy atom. The summed E-state index contributed by atoms with van der Waals surface area (Å²) in [5, 5.41) is 8.64. The van der Waals surface area contributed by atoms with Crippen LogP contribution in [0.4, 0.5) is 0 Å². The Hall–Kier alpha value is -0.0800. The first-order valence-electron chi connectivity index (χ1n) is 9.10. The molecule has 0 atom stereocenters. The summed E-state index contributed by atoms with van der Waals surface area (Å²) in [7, 11) is 0. The third-order valence-electron chi connectivity index (χ3n) is 3.84. The molecule has 0 rings (SSSR count). The van der Waals surface area contributed by atoms with Crippen LogP contribution in [-0.4, -0.2) is 24.9 Å². The maximum Gasteiger partial charge on any atom is 0.0466 e. The van der Waals surface area contributed by atoms with Gasteiger partial charge in [0, 0.05) is 19.8 Å². The molecule has 0 aliphatic carbocycles. The van der Waals surface area contributed by atoms with E-state index in [9.17, 15) is 0 Å². The molecule has 0 aliphatic heterocycles. The number of hydrogen-bond acceptors (Lipinski definition) is 2. The quantitative estimate of drug-likeness (QED) is 0.359. The van der Waals surface area contributed by atoms with Crippen molar-refractivity contribution in [2.45, 2.75) is 96.8 Å². The maximum absolute atomic E-state index is 8.64. The molecule has 0 aromatic carbocycles. The first-order chi connectivity index (χ1) is 9.91. The summed E-state index contributed by atoms with van der Waals surface area (Å²) in [6.45, 7) is 4.39.